The Balaban J connectivity index is 2.09. The van der Waals surface area contributed by atoms with Gasteiger partial charge in [-0.1, -0.05) is 12.1 Å². The van der Waals surface area contributed by atoms with Gasteiger partial charge in [-0.05, 0) is 32.1 Å². The van der Waals surface area contributed by atoms with E-state index in [0.29, 0.717) is 5.69 Å². The summed E-state index contributed by atoms with van der Waals surface area (Å²) in [6.07, 6.45) is 0.913. The number of urea groups is 1. The minimum absolute atomic E-state index is 0.118. The molecule has 0 radical (unpaired) electrons. The second kappa shape index (κ2) is 5.92. The van der Waals surface area contributed by atoms with E-state index in [2.05, 4.69) is 10.2 Å². The van der Waals surface area contributed by atoms with Gasteiger partial charge >= 0.3 is 12.0 Å². The minimum atomic E-state index is -1.04. The molecule has 0 saturated carbocycles. The number of nitrogens with zero attached hydrogens (tertiary/aromatic N) is 2. The number of amides is 2. The Morgan fingerprint density at radius 1 is 1.40 bits per heavy atom. The molecule has 1 atom stereocenters. The van der Waals surface area contributed by atoms with Gasteiger partial charge in [0.15, 0.2) is 0 Å². The Morgan fingerprint density at radius 3 is 2.70 bits per heavy atom. The summed E-state index contributed by atoms with van der Waals surface area (Å²) in [4.78, 5) is 26.9. The van der Waals surface area contributed by atoms with Gasteiger partial charge in [0.1, 0.15) is 0 Å². The van der Waals surface area contributed by atoms with Gasteiger partial charge in [0.05, 0.1) is 11.3 Å². The molecule has 1 aliphatic rings. The molecule has 0 aliphatic carbocycles. The van der Waals surface area contributed by atoms with Crippen molar-refractivity contribution in [2.75, 3.05) is 32.1 Å². The lowest BCUT2D eigenvalue weighted by Gasteiger charge is -2.22. The van der Waals surface area contributed by atoms with Gasteiger partial charge in [-0.3, -0.25) is 4.90 Å². The maximum atomic E-state index is 12.2. The normalized spacial score (nSPS) is 18.8. The van der Waals surface area contributed by atoms with E-state index in [1.54, 1.807) is 25.2 Å². The van der Waals surface area contributed by atoms with Crippen molar-refractivity contribution in [2.45, 2.75) is 12.5 Å². The maximum absolute atomic E-state index is 12.2. The molecule has 1 unspecified atom stereocenters. The van der Waals surface area contributed by atoms with E-state index in [4.69, 9.17) is 5.11 Å². The number of hydrogen-bond acceptors (Lipinski definition) is 3. The van der Waals surface area contributed by atoms with Crippen LogP contribution in [0.2, 0.25) is 0 Å². The number of likely N-dealkylation sites (tertiary alicyclic amines) is 1. The molecule has 0 aromatic heterocycles. The third-order valence-electron chi connectivity index (χ3n) is 3.52. The molecule has 6 heteroatoms. The van der Waals surface area contributed by atoms with Gasteiger partial charge < -0.3 is 15.3 Å². The fourth-order valence-electron chi connectivity index (χ4n) is 2.38. The van der Waals surface area contributed by atoms with Crippen LogP contribution in [0.25, 0.3) is 0 Å². The lowest BCUT2D eigenvalue weighted by molar-refractivity contribution is 0.0697. The highest BCUT2D eigenvalue weighted by Crippen LogP contribution is 2.19. The molecule has 2 rings (SSSR count). The van der Waals surface area contributed by atoms with Gasteiger partial charge in [-0.25, -0.2) is 9.59 Å². The lowest BCUT2D eigenvalue weighted by Crippen LogP contribution is -2.44. The number of anilines is 1. The maximum Gasteiger partial charge on any atom is 0.337 e. The average molecular weight is 277 g/mol. The Kier molecular flexibility index (Phi) is 4.24. The van der Waals surface area contributed by atoms with E-state index in [0.717, 1.165) is 19.5 Å². The summed E-state index contributed by atoms with van der Waals surface area (Å²) in [5.41, 5.74) is 0.512. The summed E-state index contributed by atoms with van der Waals surface area (Å²) in [7, 11) is 3.59. The van der Waals surface area contributed by atoms with Gasteiger partial charge in [-0.2, -0.15) is 0 Å². The van der Waals surface area contributed by atoms with Crippen molar-refractivity contribution in [1.29, 1.82) is 0 Å². The number of aromatic carboxylic acids is 1. The summed E-state index contributed by atoms with van der Waals surface area (Å²) in [5.74, 6) is -1.04. The fourth-order valence-corrected chi connectivity index (χ4v) is 2.38. The van der Waals surface area contributed by atoms with Gasteiger partial charge in [-0.15, -0.1) is 0 Å². The predicted molar refractivity (Wildman–Crippen MR) is 76.2 cm³/mol. The summed E-state index contributed by atoms with van der Waals surface area (Å²) in [6, 6.07) is 6.32. The first-order chi connectivity index (χ1) is 9.49. The number of carboxylic acid groups (broad SMARTS) is 1. The van der Waals surface area contributed by atoms with Crippen LogP contribution in [0.15, 0.2) is 24.3 Å². The molecule has 0 bridgehead atoms. The van der Waals surface area contributed by atoms with Gasteiger partial charge in [0, 0.05) is 19.6 Å². The number of carboxylic acids is 1. The fraction of sp³-hybridized carbons (Fsp3) is 0.429. The average Bonchev–Trinajstić information content (AvgIpc) is 2.83. The van der Waals surface area contributed by atoms with E-state index in [1.807, 2.05) is 7.05 Å². The first-order valence-corrected chi connectivity index (χ1v) is 6.54. The number of hydrogen-bond donors (Lipinski definition) is 2. The van der Waals surface area contributed by atoms with Crippen LogP contribution < -0.4 is 10.2 Å². The number of carbonyl (C=O) groups excluding carboxylic acids is 1. The molecule has 6 nitrogen and oxygen atoms in total. The number of likely N-dealkylation sites (N-methyl/N-ethyl adjacent to an activating group) is 1. The largest absolute Gasteiger partial charge is 0.478 e. The monoisotopic (exact) mass is 277 g/mol. The highest BCUT2D eigenvalue weighted by molar-refractivity contribution is 6.01. The molecule has 0 spiro atoms. The molecule has 1 saturated heterocycles. The van der Waals surface area contributed by atoms with E-state index in [9.17, 15) is 9.59 Å². The van der Waals surface area contributed by atoms with Gasteiger partial charge in [0.2, 0.25) is 0 Å². The third kappa shape index (κ3) is 3.08. The Morgan fingerprint density at radius 2 is 2.10 bits per heavy atom. The molecular formula is C14H19N3O3. The van der Waals surface area contributed by atoms with Crippen molar-refractivity contribution < 1.29 is 14.7 Å². The lowest BCUT2D eigenvalue weighted by atomic mass is 10.1. The first kappa shape index (κ1) is 14.3. The van der Waals surface area contributed by atoms with E-state index in [-0.39, 0.29) is 17.6 Å². The van der Waals surface area contributed by atoms with Crippen molar-refractivity contribution in [3.8, 4) is 0 Å². The number of para-hydroxylation sites is 1. The van der Waals surface area contributed by atoms with Crippen LogP contribution >= 0.6 is 0 Å². The van der Waals surface area contributed by atoms with Crippen LogP contribution in [0.1, 0.15) is 16.8 Å². The molecule has 1 heterocycles. The van der Waals surface area contributed by atoms with Crippen LogP contribution in [-0.2, 0) is 0 Å². The standard InChI is InChI=1S/C14H19N3O3/c1-16-8-7-10(9-16)15-14(20)17(2)12-6-4-3-5-11(12)13(18)19/h3-6,10H,7-9H2,1-2H3,(H,15,20)(H,18,19). The van der Waals surface area contributed by atoms with E-state index < -0.39 is 5.97 Å². The Bertz CT molecular complexity index is 518. The van der Waals surface area contributed by atoms with Crippen molar-refractivity contribution in [1.82, 2.24) is 10.2 Å². The Hall–Kier alpha value is -2.08. The van der Waals surface area contributed by atoms with Gasteiger partial charge in [0.25, 0.3) is 0 Å². The number of rotatable bonds is 3. The molecule has 2 N–H and O–H groups in total. The molecule has 1 aromatic carbocycles. The van der Waals surface area contributed by atoms with Crippen molar-refractivity contribution >= 4 is 17.7 Å². The Labute approximate surface area is 118 Å². The molecule has 1 aliphatic heterocycles. The topological polar surface area (TPSA) is 72.9 Å². The summed E-state index contributed by atoms with van der Waals surface area (Å²) < 4.78 is 0. The molecule has 20 heavy (non-hydrogen) atoms. The van der Waals surface area contributed by atoms with Crippen molar-refractivity contribution in [3.63, 3.8) is 0 Å². The zero-order valence-corrected chi connectivity index (χ0v) is 11.7. The van der Waals surface area contributed by atoms with Crippen molar-refractivity contribution in [2.24, 2.45) is 0 Å². The highest BCUT2D eigenvalue weighted by Gasteiger charge is 2.24. The van der Waals surface area contributed by atoms with E-state index in [1.165, 1.54) is 11.0 Å². The van der Waals surface area contributed by atoms with Crippen LogP contribution in [0.4, 0.5) is 10.5 Å². The summed E-state index contributed by atoms with van der Waals surface area (Å²) >= 11 is 0. The van der Waals surface area contributed by atoms with Crippen LogP contribution in [0, 0.1) is 0 Å². The SMILES string of the molecule is CN1CCC(NC(=O)N(C)c2ccccc2C(=O)O)C1. The quantitative estimate of drug-likeness (QED) is 0.871. The second-order valence-electron chi connectivity index (χ2n) is 5.08. The van der Waals surface area contributed by atoms with Crippen LogP contribution in [0.5, 0.6) is 0 Å². The highest BCUT2D eigenvalue weighted by atomic mass is 16.4. The minimum Gasteiger partial charge on any atom is -0.478 e. The summed E-state index contributed by atoms with van der Waals surface area (Å²) in [6.45, 7) is 1.78. The molecule has 1 aromatic rings. The zero-order valence-electron chi connectivity index (χ0n) is 11.7. The first-order valence-electron chi connectivity index (χ1n) is 6.54. The molecule has 1 fully saturated rings. The zero-order chi connectivity index (χ0) is 14.7. The number of benzene rings is 1. The number of carbonyl (C=O) groups is 2. The third-order valence-corrected chi connectivity index (χ3v) is 3.52. The predicted octanol–water partition coefficient (Wildman–Crippen LogP) is 1.23. The van der Waals surface area contributed by atoms with Crippen molar-refractivity contribution in [3.05, 3.63) is 29.8 Å². The molecular weight excluding hydrogens is 258 g/mol. The molecule has 108 valence electrons. The second-order valence-corrected chi connectivity index (χ2v) is 5.08. The summed E-state index contributed by atoms with van der Waals surface area (Å²) in [5, 5.41) is 12.1. The van der Waals surface area contributed by atoms with Crippen LogP contribution in [-0.4, -0.2) is 55.2 Å². The smallest absolute Gasteiger partial charge is 0.337 e. The van der Waals surface area contributed by atoms with E-state index >= 15 is 0 Å². The molecule has 2 amide bonds. The van der Waals surface area contributed by atoms with Crippen LogP contribution in [0.3, 0.4) is 0 Å². The number of nitrogens with one attached hydrogen (secondary N) is 1.